The van der Waals surface area contributed by atoms with Gasteiger partial charge in [0, 0.05) is 12.4 Å². The SMILES string of the molecule is Cc1cccn2cc(C(=O)N[C@@H](C)c3ccc(F)cc3)nc12. The highest BCUT2D eigenvalue weighted by molar-refractivity contribution is 5.93. The van der Waals surface area contributed by atoms with Gasteiger partial charge >= 0.3 is 0 Å². The first-order valence-electron chi connectivity index (χ1n) is 7.05. The van der Waals surface area contributed by atoms with Crippen LogP contribution < -0.4 is 5.32 Å². The van der Waals surface area contributed by atoms with Crippen LogP contribution in [0.2, 0.25) is 0 Å². The molecule has 1 aromatic carbocycles. The van der Waals surface area contributed by atoms with Gasteiger partial charge in [-0.15, -0.1) is 0 Å². The van der Waals surface area contributed by atoms with E-state index in [-0.39, 0.29) is 17.8 Å². The summed E-state index contributed by atoms with van der Waals surface area (Å²) in [5, 5.41) is 2.88. The van der Waals surface area contributed by atoms with Crippen molar-refractivity contribution in [3.05, 3.63) is 71.4 Å². The van der Waals surface area contributed by atoms with Crippen molar-refractivity contribution in [1.82, 2.24) is 14.7 Å². The summed E-state index contributed by atoms with van der Waals surface area (Å²) < 4.78 is 14.8. The Bertz CT molecular complexity index is 824. The third-order valence-corrected chi connectivity index (χ3v) is 3.63. The third kappa shape index (κ3) is 2.70. The number of pyridine rings is 1. The van der Waals surface area contributed by atoms with Gasteiger partial charge in [-0.05, 0) is 43.2 Å². The number of nitrogens with zero attached hydrogens (tertiary/aromatic N) is 2. The molecule has 3 rings (SSSR count). The molecule has 0 fully saturated rings. The lowest BCUT2D eigenvalue weighted by Crippen LogP contribution is -2.26. The number of hydrogen-bond donors (Lipinski definition) is 1. The van der Waals surface area contributed by atoms with Gasteiger partial charge in [0.05, 0.1) is 6.04 Å². The Morgan fingerprint density at radius 2 is 2.00 bits per heavy atom. The molecule has 22 heavy (non-hydrogen) atoms. The summed E-state index contributed by atoms with van der Waals surface area (Å²) in [6.07, 6.45) is 3.56. The molecule has 5 heteroatoms. The predicted molar refractivity (Wildman–Crippen MR) is 82.2 cm³/mol. The van der Waals surface area contributed by atoms with Crippen molar-refractivity contribution in [2.75, 3.05) is 0 Å². The molecular formula is C17H16FN3O. The van der Waals surface area contributed by atoms with Crippen molar-refractivity contribution in [2.24, 2.45) is 0 Å². The van der Waals surface area contributed by atoms with Gasteiger partial charge in [-0.25, -0.2) is 9.37 Å². The predicted octanol–water partition coefficient (Wildman–Crippen LogP) is 3.27. The number of carbonyl (C=O) groups is 1. The van der Waals surface area contributed by atoms with Gasteiger partial charge in [-0.2, -0.15) is 0 Å². The van der Waals surface area contributed by atoms with Crippen molar-refractivity contribution in [1.29, 1.82) is 0 Å². The van der Waals surface area contributed by atoms with Gasteiger partial charge in [0.1, 0.15) is 17.2 Å². The molecule has 0 radical (unpaired) electrons. The second-order valence-corrected chi connectivity index (χ2v) is 5.29. The van der Waals surface area contributed by atoms with E-state index in [4.69, 9.17) is 0 Å². The van der Waals surface area contributed by atoms with Crippen LogP contribution in [0.1, 0.15) is 34.6 Å². The van der Waals surface area contributed by atoms with Gasteiger partial charge in [-0.3, -0.25) is 4.79 Å². The van der Waals surface area contributed by atoms with Gasteiger partial charge in [0.2, 0.25) is 0 Å². The first kappa shape index (κ1) is 14.3. The number of nitrogens with one attached hydrogen (secondary N) is 1. The first-order valence-corrected chi connectivity index (χ1v) is 7.05. The van der Waals surface area contributed by atoms with Gasteiger partial charge in [0.25, 0.3) is 5.91 Å². The van der Waals surface area contributed by atoms with Crippen LogP contribution in [-0.2, 0) is 0 Å². The highest BCUT2D eigenvalue weighted by Crippen LogP contribution is 2.15. The smallest absolute Gasteiger partial charge is 0.271 e. The lowest BCUT2D eigenvalue weighted by atomic mass is 10.1. The minimum absolute atomic E-state index is 0.223. The number of halogens is 1. The molecule has 0 saturated carbocycles. The average molecular weight is 297 g/mol. The molecule has 0 unspecified atom stereocenters. The monoisotopic (exact) mass is 297 g/mol. The molecule has 1 amide bonds. The molecule has 4 nitrogen and oxygen atoms in total. The maximum Gasteiger partial charge on any atom is 0.271 e. The first-order chi connectivity index (χ1) is 10.5. The summed E-state index contributed by atoms with van der Waals surface area (Å²) >= 11 is 0. The largest absolute Gasteiger partial charge is 0.344 e. The molecule has 0 aliphatic heterocycles. The molecule has 0 spiro atoms. The van der Waals surface area contributed by atoms with E-state index in [1.807, 2.05) is 36.6 Å². The van der Waals surface area contributed by atoms with Crippen molar-refractivity contribution in [3.8, 4) is 0 Å². The lowest BCUT2D eigenvalue weighted by Gasteiger charge is -2.13. The Kier molecular flexibility index (Phi) is 3.63. The summed E-state index contributed by atoms with van der Waals surface area (Å²) in [6.45, 7) is 3.80. The molecule has 2 heterocycles. The van der Waals surface area contributed by atoms with E-state index in [9.17, 15) is 9.18 Å². The molecule has 0 aliphatic carbocycles. The summed E-state index contributed by atoms with van der Waals surface area (Å²) in [4.78, 5) is 16.7. The Balaban J connectivity index is 1.80. The number of fused-ring (bicyclic) bond motifs is 1. The normalized spacial score (nSPS) is 12.3. The molecule has 1 N–H and O–H groups in total. The molecule has 3 aromatic rings. The van der Waals surface area contributed by atoms with E-state index in [2.05, 4.69) is 10.3 Å². The fourth-order valence-electron chi connectivity index (χ4n) is 2.37. The Labute approximate surface area is 127 Å². The van der Waals surface area contributed by atoms with Crippen LogP contribution in [0.4, 0.5) is 4.39 Å². The number of rotatable bonds is 3. The maximum absolute atomic E-state index is 12.9. The molecule has 0 saturated heterocycles. The molecule has 2 aromatic heterocycles. The number of hydrogen-bond acceptors (Lipinski definition) is 2. The average Bonchev–Trinajstić information content (AvgIpc) is 2.93. The summed E-state index contributed by atoms with van der Waals surface area (Å²) in [5.74, 6) is -0.543. The van der Waals surface area contributed by atoms with E-state index in [1.54, 1.807) is 18.3 Å². The fraction of sp³-hybridized carbons (Fsp3) is 0.176. The van der Waals surface area contributed by atoms with E-state index in [1.165, 1.54) is 12.1 Å². The van der Waals surface area contributed by atoms with Crippen LogP contribution in [0.5, 0.6) is 0 Å². The topological polar surface area (TPSA) is 46.4 Å². The van der Waals surface area contributed by atoms with E-state index < -0.39 is 0 Å². The zero-order valence-electron chi connectivity index (χ0n) is 12.4. The van der Waals surface area contributed by atoms with Crippen molar-refractivity contribution in [3.63, 3.8) is 0 Å². The fourth-order valence-corrected chi connectivity index (χ4v) is 2.37. The van der Waals surface area contributed by atoms with Gasteiger partial charge in [-0.1, -0.05) is 18.2 Å². The van der Waals surface area contributed by atoms with Gasteiger partial charge in [0.15, 0.2) is 0 Å². The van der Waals surface area contributed by atoms with Crippen molar-refractivity contribution < 1.29 is 9.18 Å². The molecular weight excluding hydrogens is 281 g/mol. The zero-order valence-corrected chi connectivity index (χ0v) is 12.4. The maximum atomic E-state index is 12.9. The van der Waals surface area contributed by atoms with E-state index in [0.717, 1.165) is 16.8 Å². The minimum atomic E-state index is -0.293. The van der Waals surface area contributed by atoms with Crippen LogP contribution in [0.25, 0.3) is 5.65 Å². The molecule has 112 valence electrons. The number of benzene rings is 1. The third-order valence-electron chi connectivity index (χ3n) is 3.63. The van der Waals surface area contributed by atoms with Crippen molar-refractivity contribution >= 4 is 11.6 Å². The molecule has 0 bridgehead atoms. The molecule has 0 aliphatic rings. The lowest BCUT2D eigenvalue weighted by molar-refractivity contribution is 0.0935. The zero-order chi connectivity index (χ0) is 15.7. The Hall–Kier alpha value is -2.69. The Morgan fingerprint density at radius 3 is 2.68 bits per heavy atom. The van der Waals surface area contributed by atoms with E-state index >= 15 is 0 Å². The second kappa shape index (κ2) is 5.60. The summed E-state index contributed by atoms with van der Waals surface area (Å²) in [5.41, 5.74) is 2.98. The quantitative estimate of drug-likeness (QED) is 0.806. The minimum Gasteiger partial charge on any atom is -0.344 e. The number of imidazole rings is 1. The summed E-state index contributed by atoms with van der Waals surface area (Å²) in [7, 11) is 0. The van der Waals surface area contributed by atoms with Crippen LogP contribution in [0.15, 0.2) is 48.8 Å². The van der Waals surface area contributed by atoms with Crippen LogP contribution in [0.3, 0.4) is 0 Å². The van der Waals surface area contributed by atoms with Crippen LogP contribution in [0, 0.1) is 12.7 Å². The summed E-state index contributed by atoms with van der Waals surface area (Å²) in [6, 6.07) is 9.72. The number of aryl methyl sites for hydroxylation is 1. The Morgan fingerprint density at radius 1 is 1.27 bits per heavy atom. The standard InChI is InChI=1S/C17H16FN3O/c1-11-4-3-9-21-10-15(20-16(11)21)17(22)19-12(2)13-5-7-14(18)8-6-13/h3-10,12H,1-2H3,(H,19,22)/t12-/m0/s1. The number of amides is 1. The number of aromatic nitrogens is 2. The van der Waals surface area contributed by atoms with Crippen LogP contribution >= 0.6 is 0 Å². The van der Waals surface area contributed by atoms with Gasteiger partial charge < -0.3 is 9.72 Å². The highest BCUT2D eigenvalue weighted by atomic mass is 19.1. The van der Waals surface area contributed by atoms with Crippen molar-refractivity contribution in [2.45, 2.75) is 19.9 Å². The molecule has 1 atom stereocenters. The second-order valence-electron chi connectivity index (χ2n) is 5.29. The highest BCUT2D eigenvalue weighted by Gasteiger charge is 2.15. The number of carbonyl (C=O) groups excluding carboxylic acids is 1. The van der Waals surface area contributed by atoms with Crippen LogP contribution in [-0.4, -0.2) is 15.3 Å². The van der Waals surface area contributed by atoms with E-state index in [0.29, 0.717) is 5.69 Å².